The molecule has 0 bridgehead atoms. The summed E-state index contributed by atoms with van der Waals surface area (Å²) in [5.74, 6) is -0.146. The molecular weight excluding hydrogens is 369 g/mol. The number of amides is 1. The molecule has 1 aromatic carbocycles. The fourth-order valence-electron chi connectivity index (χ4n) is 2.76. The van der Waals surface area contributed by atoms with Crippen LogP contribution in [-0.2, 0) is 6.18 Å². The number of alkyl halides is 3. The first kappa shape index (κ1) is 20.1. The van der Waals surface area contributed by atoms with Gasteiger partial charge >= 0.3 is 6.18 Å². The summed E-state index contributed by atoms with van der Waals surface area (Å²) in [4.78, 5) is 18.8. The fourth-order valence-corrected chi connectivity index (χ4v) is 2.76. The largest absolute Gasteiger partial charge is 0.434 e. The van der Waals surface area contributed by atoms with Crippen molar-refractivity contribution in [2.24, 2.45) is 0 Å². The highest BCUT2D eigenvalue weighted by Crippen LogP contribution is 2.27. The maximum absolute atomic E-state index is 12.5. The van der Waals surface area contributed by atoms with Gasteiger partial charge in [-0.15, -0.1) is 12.4 Å². The van der Waals surface area contributed by atoms with Crippen molar-refractivity contribution in [3.05, 3.63) is 53.6 Å². The normalized spacial score (nSPS) is 17.3. The number of halogens is 4. The van der Waals surface area contributed by atoms with Crippen LogP contribution in [0.25, 0.3) is 0 Å². The molecule has 140 valence electrons. The number of hydrogen-bond acceptors (Lipinski definition) is 4. The Kier molecular flexibility index (Phi) is 6.55. The second-order valence-electron chi connectivity index (χ2n) is 5.90. The highest BCUT2D eigenvalue weighted by molar-refractivity contribution is 6.02. The van der Waals surface area contributed by atoms with Crippen molar-refractivity contribution in [2.45, 2.75) is 24.9 Å². The Balaban J connectivity index is 0.00000243. The van der Waals surface area contributed by atoms with Gasteiger partial charge in [0.15, 0.2) is 5.69 Å². The Morgan fingerprint density at radius 2 is 1.88 bits per heavy atom. The summed E-state index contributed by atoms with van der Waals surface area (Å²) in [6.45, 7) is 1.98. The predicted octanol–water partition coefficient (Wildman–Crippen LogP) is 3.64. The Bertz CT molecular complexity index is 729. The van der Waals surface area contributed by atoms with Crippen molar-refractivity contribution < 1.29 is 18.0 Å². The van der Waals surface area contributed by atoms with Gasteiger partial charge in [-0.3, -0.25) is 4.79 Å². The summed E-state index contributed by atoms with van der Waals surface area (Å²) in [6, 6.07) is 7.45. The number of carbonyl (C=O) groups excluding carboxylic acids is 1. The minimum atomic E-state index is -4.58. The molecule has 3 rings (SSSR count). The average molecular weight is 387 g/mol. The maximum Gasteiger partial charge on any atom is 0.434 e. The Hall–Kier alpha value is -2.19. The highest BCUT2D eigenvalue weighted by Gasteiger charge is 2.33. The average Bonchev–Trinajstić information content (AvgIpc) is 2.62. The van der Waals surface area contributed by atoms with E-state index < -0.39 is 17.8 Å². The summed E-state index contributed by atoms with van der Waals surface area (Å²) in [6.07, 6.45) is -0.949. The van der Waals surface area contributed by atoms with Crippen LogP contribution in [0.2, 0.25) is 0 Å². The maximum atomic E-state index is 12.5. The van der Waals surface area contributed by atoms with Crippen molar-refractivity contribution in [1.29, 1.82) is 0 Å². The van der Waals surface area contributed by atoms with Gasteiger partial charge in [0.2, 0.25) is 0 Å². The molecule has 1 atom stereocenters. The number of piperidine rings is 1. The van der Waals surface area contributed by atoms with E-state index in [1.54, 1.807) is 12.1 Å². The number of rotatable bonds is 3. The fraction of sp³-hybridized carbons (Fsp3) is 0.353. The van der Waals surface area contributed by atoms with Gasteiger partial charge in [-0.2, -0.15) is 13.2 Å². The Morgan fingerprint density at radius 3 is 2.42 bits per heavy atom. The zero-order chi connectivity index (χ0) is 17.9. The molecular formula is C17H18ClF3N4O. The third-order valence-electron chi connectivity index (χ3n) is 4.11. The number of aromatic nitrogens is 2. The quantitative estimate of drug-likeness (QED) is 0.845. The third kappa shape index (κ3) is 4.92. The molecule has 5 nitrogen and oxygen atoms in total. The van der Waals surface area contributed by atoms with Gasteiger partial charge in [0.05, 0.1) is 12.4 Å². The van der Waals surface area contributed by atoms with Crippen LogP contribution in [0.15, 0.2) is 36.7 Å². The molecule has 0 spiro atoms. The molecule has 0 saturated carbocycles. The second-order valence-corrected chi connectivity index (χ2v) is 5.90. The lowest BCUT2D eigenvalue weighted by Crippen LogP contribution is -2.28. The van der Waals surface area contributed by atoms with E-state index in [0.717, 1.165) is 32.1 Å². The molecule has 1 unspecified atom stereocenters. The van der Waals surface area contributed by atoms with Crippen LogP contribution in [0.4, 0.5) is 18.9 Å². The van der Waals surface area contributed by atoms with Crippen molar-refractivity contribution in [2.75, 3.05) is 18.4 Å². The standard InChI is InChI=1S/C17H17F3N4O.ClH/c18-17(19,20)15-10-22-14(9-23-15)16(25)24-13-5-3-11(4-6-13)12-2-1-7-21-8-12;/h3-6,9-10,12,21H,1-2,7-8H2,(H,24,25);1H. The SMILES string of the molecule is Cl.O=C(Nc1ccc(C2CCCNC2)cc1)c1cnc(C(F)(F)F)cn1. The van der Waals surface area contributed by atoms with E-state index in [0.29, 0.717) is 17.8 Å². The van der Waals surface area contributed by atoms with Crippen molar-refractivity contribution in [1.82, 2.24) is 15.3 Å². The first-order valence-electron chi connectivity index (χ1n) is 7.95. The van der Waals surface area contributed by atoms with Crippen LogP contribution < -0.4 is 10.6 Å². The van der Waals surface area contributed by atoms with Crippen LogP contribution >= 0.6 is 12.4 Å². The van der Waals surface area contributed by atoms with Crippen LogP contribution in [0.5, 0.6) is 0 Å². The summed E-state index contributed by atoms with van der Waals surface area (Å²) in [5.41, 5.74) is 0.446. The molecule has 1 aliphatic rings. The number of benzene rings is 1. The van der Waals surface area contributed by atoms with Crippen molar-refractivity contribution in [3.63, 3.8) is 0 Å². The molecule has 0 aliphatic carbocycles. The molecule has 26 heavy (non-hydrogen) atoms. The third-order valence-corrected chi connectivity index (χ3v) is 4.11. The van der Waals surface area contributed by atoms with Crippen molar-refractivity contribution in [3.8, 4) is 0 Å². The number of hydrogen-bond donors (Lipinski definition) is 2. The summed E-state index contributed by atoms with van der Waals surface area (Å²) < 4.78 is 37.4. The van der Waals surface area contributed by atoms with E-state index in [-0.39, 0.29) is 18.1 Å². The first-order valence-corrected chi connectivity index (χ1v) is 7.95. The number of nitrogens with one attached hydrogen (secondary N) is 2. The van der Waals surface area contributed by atoms with Crippen LogP contribution in [0.1, 0.15) is 40.5 Å². The van der Waals surface area contributed by atoms with Gasteiger partial charge < -0.3 is 10.6 Å². The molecule has 0 radical (unpaired) electrons. The van der Waals surface area contributed by atoms with Gasteiger partial charge in [-0.05, 0) is 43.0 Å². The van der Waals surface area contributed by atoms with Gasteiger partial charge in [0.1, 0.15) is 5.69 Å². The van der Waals surface area contributed by atoms with E-state index >= 15 is 0 Å². The van der Waals surface area contributed by atoms with E-state index in [1.165, 1.54) is 5.56 Å². The lowest BCUT2D eigenvalue weighted by molar-refractivity contribution is -0.141. The monoisotopic (exact) mass is 386 g/mol. The summed E-state index contributed by atoms with van der Waals surface area (Å²) >= 11 is 0. The molecule has 1 aliphatic heterocycles. The van der Waals surface area contributed by atoms with E-state index in [2.05, 4.69) is 20.6 Å². The number of anilines is 1. The molecule has 1 amide bonds. The van der Waals surface area contributed by atoms with E-state index in [9.17, 15) is 18.0 Å². The zero-order valence-electron chi connectivity index (χ0n) is 13.7. The summed E-state index contributed by atoms with van der Waals surface area (Å²) in [5, 5.41) is 5.96. The first-order chi connectivity index (χ1) is 11.9. The second kappa shape index (κ2) is 8.46. The van der Waals surface area contributed by atoms with Crippen molar-refractivity contribution >= 4 is 24.0 Å². The predicted molar refractivity (Wildman–Crippen MR) is 93.5 cm³/mol. The van der Waals surface area contributed by atoms with Gasteiger partial charge in [0.25, 0.3) is 5.91 Å². The van der Waals surface area contributed by atoms with Gasteiger partial charge in [-0.25, -0.2) is 9.97 Å². The molecule has 1 fully saturated rings. The Labute approximate surface area is 154 Å². The molecule has 2 N–H and O–H groups in total. The van der Waals surface area contributed by atoms with Crippen LogP contribution in [0, 0.1) is 0 Å². The topological polar surface area (TPSA) is 66.9 Å². The van der Waals surface area contributed by atoms with Crippen LogP contribution in [0.3, 0.4) is 0 Å². The molecule has 1 saturated heterocycles. The highest BCUT2D eigenvalue weighted by atomic mass is 35.5. The lowest BCUT2D eigenvalue weighted by atomic mass is 9.92. The zero-order valence-corrected chi connectivity index (χ0v) is 14.5. The lowest BCUT2D eigenvalue weighted by Gasteiger charge is -2.23. The molecule has 1 aromatic heterocycles. The van der Waals surface area contributed by atoms with Gasteiger partial charge in [0, 0.05) is 12.2 Å². The van der Waals surface area contributed by atoms with Crippen LogP contribution in [-0.4, -0.2) is 29.0 Å². The summed E-state index contributed by atoms with van der Waals surface area (Å²) in [7, 11) is 0. The molecule has 2 heterocycles. The molecule has 9 heteroatoms. The smallest absolute Gasteiger partial charge is 0.321 e. The van der Waals surface area contributed by atoms with E-state index in [4.69, 9.17) is 0 Å². The minimum absolute atomic E-state index is 0. The van der Waals surface area contributed by atoms with Gasteiger partial charge in [-0.1, -0.05) is 12.1 Å². The van der Waals surface area contributed by atoms with E-state index in [1.807, 2.05) is 12.1 Å². The Morgan fingerprint density at radius 1 is 1.15 bits per heavy atom. The minimum Gasteiger partial charge on any atom is -0.321 e. The molecule has 2 aromatic rings. The number of nitrogens with zero attached hydrogens (tertiary/aromatic N) is 2. The number of carbonyl (C=O) groups is 1.